The maximum absolute atomic E-state index is 12.7. The van der Waals surface area contributed by atoms with Crippen LogP contribution in [0.1, 0.15) is 18.9 Å². The van der Waals surface area contributed by atoms with Gasteiger partial charge in [-0.15, -0.1) is 0 Å². The third-order valence-corrected chi connectivity index (χ3v) is 5.50. The van der Waals surface area contributed by atoms with Crippen LogP contribution in [0, 0.1) is 6.92 Å². The van der Waals surface area contributed by atoms with E-state index >= 15 is 0 Å². The van der Waals surface area contributed by atoms with Crippen LogP contribution < -0.4 is 10.1 Å². The van der Waals surface area contributed by atoms with E-state index in [1.807, 2.05) is 36.9 Å². The maximum atomic E-state index is 12.7. The smallest absolute Gasteiger partial charge is 0.263 e. The first kappa shape index (κ1) is 17.7. The van der Waals surface area contributed by atoms with Gasteiger partial charge >= 0.3 is 0 Å². The molecular weight excluding hydrogens is 370 g/mol. The highest BCUT2D eigenvalue weighted by molar-refractivity contribution is 9.10. The number of likely N-dealkylation sites (tertiary alicyclic amines) is 1. The summed E-state index contributed by atoms with van der Waals surface area (Å²) in [6, 6.07) is 6.40. The summed E-state index contributed by atoms with van der Waals surface area (Å²) in [7, 11) is 0. The Kier molecular flexibility index (Phi) is 5.79. The van der Waals surface area contributed by atoms with E-state index in [1.165, 1.54) is 0 Å². The second-order valence-corrected chi connectivity index (χ2v) is 7.56. The van der Waals surface area contributed by atoms with Crippen LogP contribution in [-0.4, -0.2) is 67.1 Å². The molecule has 0 saturated carbocycles. The van der Waals surface area contributed by atoms with Crippen molar-refractivity contribution in [2.24, 2.45) is 0 Å². The zero-order valence-electron chi connectivity index (χ0n) is 14.4. The number of rotatable bonds is 4. The Labute approximate surface area is 152 Å². The minimum Gasteiger partial charge on any atom is -0.480 e. The van der Waals surface area contributed by atoms with Crippen molar-refractivity contribution >= 4 is 21.8 Å². The van der Waals surface area contributed by atoms with Gasteiger partial charge < -0.3 is 15.0 Å². The second-order valence-electron chi connectivity index (χ2n) is 6.71. The quantitative estimate of drug-likeness (QED) is 0.846. The molecule has 0 bridgehead atoms. The molecule has 1 N–H and O–H groups in total. The Bertz CT molecular complexity index is 590. The SMILES string of the molecule is Cc1ccc(OC(C)C(=O)N2CCC(N3CCNCC3)C2)c(Br)c1. The lowest BCUT2D eigenvalue weighted by Gasteiger charge is -2.32. The van der Waals surface area contributed by atoms with Gasteiger partial charge in [0.25, 0.3) is 5.91 Å². The monoisotopic (exact) mass is 395 g/mol. The molecule has 1 amide bonds. The summed E-state index contributed by atoms with van der Waals surface area (Å²) in [5.41, 5.74) is 1.16. The van der Waals surface area contributed by atoms with Gasteiger partial charge in [0.15, 0.2) is 6.10 Å². The molecule has 3 rings (SSSR count). The third-order valence-electron chi connectivity index (χ3n) is 4.88. The minimum atomic E-state index is -0.467. The number of carbonyl (C=O) groups is 1. The molecule has 132 valence electrons. The zero-order chi connectivity index (χ0) is 17.1. The standard InChI is InChI=1S/C18H26BrN3O2/c1-13-3-4-17(16(19)11-13)24-14(2)18(23)22-8-5-15(12-22)21-9-6-20-7-10-21/h3-4,11,14-15,20H,5-10,12H2,1-2H3. The Morgan fingerprint density at radius 1 is 1.33 bits per heavy atom. The lowest BCUT2D eigenvalue weighted by atomic mass is 10.2. The van der Waals surface area contributed by atoms with Crippen molar-refractivity contribution < 1.29 is 9.53 Å². The average Bonchev–Trinajstić information content (AvgIpc) is 3.07. The van der Waals surface area contributed by atoms with Crippen LogP contribution in [0.5, 0.6) is 5.75 Å². The molecule has 0 aliphatic carbocycles. The number of hydrogen-bond acceptors (Lipinski definition) is 4. The fourth-order valence-electron chi connectivity index (χ4n) is 3.49. The van der Waals surface area contributed by atoms with Crippen LogP contribution >= 0.6 is 15.9 Å². The van der Waals surface area contributed by atoms with E-state index < -0.39 is 6.10 Å². The summed E-state index contributed by atoms with van der Waals surface area (Å²) in [5, 5.41) is 3.38. The summed E-state index contributed by atoms with van der Waals surface area (Å²) >= 11 is 3.51. The Morgan fingerprint density at radius 2 is 2.08 bits per heavy atom. The van der Waals surface area contributed by atoms with Crippen molar-refractivity contribution in [3.8, 4) is 5.75 Å². The van der Waals surface area contributed by atoms with E-state index in [0.717, 1.165) is 61.5 Å². The number of ether oxygens (including phenoxy) is 1. The highest BCUT2D eigenvalue weighted by atomic mass is 79.9. The Balaban J connectivity index is 1.56. The Morgan fingerprint density at radius 3 is 2.79 bits per heavy atom. The molecule has 1 aromatic carbocycles. The fourth-order valence-corrected chi connectivity index (χ4v) is 4.07. The largest absolute Gasteiger partial charge is 0.480 e. The second kappa shape index (κ2) is 7.85. The molecule has 2 aliphatic heterocycles. The summed E-state index contributed by atoms with van der Waals surface area (Å²) in [6.45, 7) is 9.77. The van der Waals surface area contributed by atoms with Crippen molar-refractivity contribution in [2.45, 2.75) is 32.4 Å². The molecule has 6 heteroatoms. The first-order chi connectivity index (χ1) is 11.5. The Hall–Kier alpha value is -1.11. The van der Waals surface area contributed by atoms with Crippen LogP contribution in [0.4, 0.5) is 0 Å². The molecule has 0 radical (unpaired) electrons. The zero-order valence-corrected chi connectivity index (χ0v) is 16.0. The molecule has 2 fully saturated rings. The van der Waals surface area contributed by atoms with E-state index in [2.05, 4.69) is 26.1 Å². The average molecular weight is 396 g/mol. The van der Waals surface area contributed by atoms with E-state index in [1.54, 1.807) is 0 Å². The van der Waals surface area contributed by atoms with Crippen LogP contribution in [0.2, 0.25) is 0 Å². The summed E-state index contributed by atoms with van der Waals surface area (Å²) in [5.74, 6) is 0.805. The lowest BCUT2D eigenvalue weighted by Crippen LogP contribution is -2.50. The van der Waals surface area contributed by atoms with Crippen LogP contribution in [0.25, 0.3) is 0 Å². The van der Waals surface area contributed by atoms with Gasteiger partial charge in [0.2, 0.25) is 0 Å². The number of amides is 1. The number of benzene rings is 1. The van der Waals surface area contributed by atoms with Gasteiger partial charge in [-0.25, -0.2) is 0 Å². The van der Waals surface area contributed by atoms with Gasteiger partial charge in [-0.1, -0.05) is 6.07 Å². The molecule has 2 atom stereocenters. The number of nitrogens with zero attached hydrogens (tertiary/aromatic N) is 2. The van der Waals surface area contributed by atoms with Gasteiger partial charge in [0.05, 0.1) is 4.47 Å². The first-order valence-corrected chi connectivity index (χ1v) is 9.50. The van der Waals surface area contributed by atoms with Crippen molar-refractivity contribution in [2.75, 3.05) is 39.3 Å². The van der Waals surface area contributed by atoms with Crippen LogP contribution in [0.15, 0.2) is 22.7 Å². The predicted octanol–water partition coefficient (Wildman–Crippen LogP) is 2.03. The van der Waals surface area contributed by atoms with E-state index in [0.29, 0.717) is 6.04 Å². The molecule has 2 unspecified atom stereocenters. The number of halogens is 1. The molecule has 2 heterocycles. The fraction of sp³-hybridized carbons (Fsp3) is 0.611. The molecule has 0 spiro atoms. The third kappa shape index (κ3) is 4.10. The van der Waals surface area contributed by atoms with E-state index in [4.69, 9.17) is 4.74 Å². The minimum absolute atomic E-state index is 0.0834. The topological polar surface area (TPSA) is 44.8 Å². The predicted molar refractivity (Wildman–Crippen MR) is 98.4 cm³/mol. The number of carbonyl (C=O) groups excluding carboxylic acids is 1. The van der Waals surface area contributed by atoms with Crippen LogP contribution in [-0.2, 0) is 4.79 Å². The number of aryl methyl sites for hydroxylation is 1. The van der Waals surface area contributed by atoms with Gasteiger partial charge in [-0.05, 0) is 53.9 Å². The highest BCUT2D eigenvalue weighted by Crippen LogP contribution is 2.27. The van der Waals surface area contributed by atoms with Gasteiger partial charge in [-0.2, -0.15) is 0 Å². The summed E-state index contributed by atoms with van der Waals surface area (Å²) < 4.78 is 6.78. The van der Waals surface area contributed by atoms with Crippen LogP contribution in [0.3, 0.4) is 0 Å². The molecular formula is C18H26BrN3O2. The molecule has 24 heavy (non-hydrogen) atoms. The van der Waals surface area contributed by atoms with Gasteiger partial charge in [0.1, 0.15) is 5.75 Å². The molecule has 0 aromatic heterocycles. The van der Waals surface area contributed by atoms with Crippen molar-refractivity contribution in [3.63, 3.8) is 0 Å². The van der Waals surface area contributed by atoms with Crippen molar-refractivity contribution in [3.05, 3.63) is 28.2 Å². The maximum Gasteiger partial charge on any atom is 0.263 e. The van der Waals surface area contributed by atoms with Gasteiger partial charge in [0, 0.05) is 45.3 Å². The number of nitrogens with one attached hydrogen (secondary N) is 1. The highest BCUT2D eigenvalue weighted by Gasteiger charge is 2.33. The first-order valence-electron chi connectivity index (χ1n) is 8.71. The van der Waals surface area contributed by atoms with Crippen molar-refractivity contribution in [1.29, 1.82) is 0 Å². The number of piperazine rings is 1. The molecule has 2 aliphatic rings. The van der Waals surface area contributed by atoms with Gasteiger partial charge in [-0.3, -0.25) is 9.69 Å². The van der Waals surface area contributed by atoms with Crippen molar-refractivity contribution in [1.82, 2.24) is 15.1 Å². The molecule has 5 nitrogen and oxygen atoms in total. The molecule has 2 saturated heterocycles. The summed E-state index contributed by atoms with van der Waals surface area (Å²) in [4.78, 5) is 17.2. The number of hydrogen-bond donors (Lipinski definition) is 1. The normalized spacial score (nSPS) is 23.3. The van der Waals surface area contributed by atoms with E-state index in [-0.39, 0.29) is 5.91 Å². The lowest BCUT2D eigenvalue weighted by molar-refractivity contribution is -0.137. The van der Waals surface area contributed by atoms with E-state index in [9.17, 15) is 4.79 Å². The summed E-state index contributed by atoms with van der Waals surface area (Å²) in [6.07, 6.45) is 0.595. The molecule has 1 aromatic rings.